The minimum Gasteiger partial charge on any atom is -0.444 e. The number of carbonyl (C=O) groups excluding carboxylic acids is 3. The van der Waals surface area contributed by atoms with Gasteiger partial charge in [0.05, 0.1) is 6.54 Å². The van der Waals surface area contributed by atoms with Crippen LogP contribution in [0.3, 0.4) is 0 Å². The lowest BCUT2D eigenvalue weighted by Crippen LogP contribution is -2.40. The standard InChI is InChI=1S/C18H27N3O4/c1-12(19-13(2)22)16(23)20-15-10-8-7-9-14(15)11-21(6)17(24)25-18(3,4)5/h7-10,12H,11H2,1-6H3,(H,19,22)(H,20,23)/t12-/m0/s1. The normalized spacial score (nSPS) is 12.1. The van der Waals surface area contributed by atoms with E-state index in [0.29, 0.717) is 5.69 Å². The molecule has 138 valence electrons. The van der Waals surface area contributed by atoms with E-state index in [1.807, 2.05) is 12.1 Å². The number of hydrogen-bond donors (Lipinski definition) is 2. The third-order valence-corrected chi connectivity index (χ3v) is 3.20. The van der Waals surface area contributed by atoms with Gasteiger partial charge in [-0.1, -0.05) is 18.2 Å². The van der Waals surface area contributed by atoms with Gasteiger partial charge >= 0.3 is 6.09 Å². The fourth-order valence-corrected chi connectivity index (χ4v) is 2.05. The first-order valence-corrected chi connectivity index (χ1v) is 8.09. The molecule has 0 saturated heterocycles. The molecule has 25 heavy (non-hydrogen) atoms. The summed E-state index contributed by atoms with van der Waals surface area (Å²) in [4.78, 5) is 36.8. The topological polar surface area (TPSA) is 87.7 Å². The molecule has 0 saturated carbocycles. The van der Waals surface area contributed by atoms with Crippen molar-refractivity contribution in [3.05, 3.63) is 29.8 Å². The third kappa shape index (κ3) is 7.24. The fraction of sp³-hybridized carbons (Fsp3) is 0.500. The van der Waals surface area contributed by atoms with Crippen LogP contribution in [0.4, 0.5) is 10.5 Å². The summed E-state index contributed by atoms with van der Waals surface area (Å²) >= 11 is 0. The molecule has 0 aromatic heterocycles. The summed E-state index contributed by atoms with van der Waals surface area (Å²) in [5.41, 5.74) is 0.770. The van der Waals surface area contributed by atoms with Gasteiger partial charge in [0.25, 0.3) is 0 Å². The lowest BCUT2D eigenvalue weighted by atomic mass is 10.1. The van der Waals surface area contributed by atoms with Crippen LogP contribution in [0.2, 0.25) is 0 Å². The number of carbonyl (C=O) groups is 3. The van der Waals surface area contributed by atoms with Crippen molar-refractivity contribution in [3.63, 3.8) is 0 Å². The van der Waals surface area contributed by atoms with Gasteiger partial charge in [0, 0.05) is 19.7 Å². The zero-order valence-corrected chi connectivity index (χ0v) is 15.7. The fourth-order valence-electron chi connectivity index (χ4n) is 2.05. The Morgan fingerprint density at radius 3 is 2.36 bits per heavy atom. The minimum absolute atomic E-state index is 0.277. The summed E-state index contributed by atoms with van der Waals surface area (Å²) < 4.78 is 5.33. The van der Waals surface area contributed by atoms with Crippen LogP contribution < -0.4 is 10.6 Å². The molecule has 1 atom stereocenters. The smallest absolute Gasteiger partial charge is 0.410 e. The SMILES string of the molecule is CC(=O)N[C@@H](C)C(=O)Nc1ccccc1CN(C)C(=O)OC(C)(C)C. The second-order valence-corrected chi connectivity index (χ2v) is 6.91. The molecule has 1 aromatic carbocycles. The third-order valence-electron chi connectivity index (χ3n) is 3.20. The highest BCUT2D eigenvalue weighted by molar-refractivity contribution is 5.97. The molecule has 0 radical (unpaired) electrons. The van der Waals surface area contributed by atoms with Crippen molar-refractivity contribution in [2.45, 2.75) is 52.8 Å². The molecule has 0 aliphatic rings. The lowest BCUT2D eigenvalue weighted by Gasteiger charge is -2.25. The molecule has 7 nitrogen and oxygen atoms in total. The quantitative estimate of drug-likeness (QED) is 0.855. The van der Waals surface area contributed by atoms with Gasteiger partial charge in [-0.15, -0.1) is 0 Å². The van der Waals surface area contributed by atoms with Crippen molar-refractivity contribution in [1.29, 1.82) is 0 Å². The molecule has 1 aromatic rings. The molecule has 0 fully saturated rings. The van der Waals surface area contributed by atoms with Gasteiger partial charge in [0.15, 0.2) is 0 Å². The van der Waals surface area contributed by atoms with Crippen molar-refractivity contribution in [3.8, 4) is 0 Å². The Morgan fingerprint density at radius 2 is 1.80 bits per heavy atom. The first-order chi connectivity index (χ1) is 11.5. The number of rotatable bonds is 5. The lowest BCUT2D eigenvalue weighted by molar-refractivity contribution is -0.124. The van der Waals surface area contributed by atoms with Gasteiger partial charge < -0.3 is 20.3 Å². The summed E-state index contributed by atoms with van der Waals surface area (Å²) in [5, 5.41) is 5.31. The van der Waals surface area contributed by atoms with Crippen LogP contribution in [0.5, 0.6) is 0 Å². The first-order valence-electron chi connectivity index (χ1n) is 8.09. The van der Waals surface area contributed by atoms with Crippen molar-refractivity contribution >= 4 is 23.6 Å². The summed E-state index contributed by atoms with van der Waals surface area (Å²) in [6.45, 7) is 8.64. The van der Waals surface area contributed by atoms with E-state index in [0.717, 1.165) is 5.56 Å². The van der Waals surface area contributed by atoms with E-state index in [4.69, 9.17) is 4.74 Å². The van der Waals surface area contributed by atoms with Crippen LogP contribution in [0.1, 0.15) is 40.2 Å². The van der Waals surface area contributed by atoms with Crippen LogP contribution in [-0.2, 0) is 20.9 Å². The molecule has 0 aliphatic heterocycles. The molecule has 0 unspecified atom stereocenters. The van der Waals surface area contributed by atoms with Gasteiger partial charge in [-0.25, -0.2) is 4.79 Å². The summed E-state index contributed by atoms with van der Waals surface area (Å²) in [6.07, 6.45) is -0.444. The molecule has 0 heterocycles. The average Bonchev–Trinajstić information content (AvgIpc) is 2.46. The van der Waals surface area contributed by atoms with E-state index < -0.39 is 17.7 Å². The maximum absolute atomic E-state index is 12.2. The average molecular weight is 349 g/mol. The molecule has 2 N–H and O–H groups in total. The number of amides is 3. The molecular weight excluding hydrogens is 322 g/mol. The Labute approximate surface area is 148 Å². The Hall–Kier alpha value is -2.57. The molecular formula is C18H27N3O4. The zero-order valence-electron chi connectivity index (χ0n) is 15.7. The Bertz CT molecular complexity index is 637. The van der Waals surface area contributed by atoms with Crippen LogP contribution in [-0.4, -0.2) is 41.5 Å². The highest BCUT2D eigenvalue weighted by Crippen LogP contribution is 2.18. The highest BCUT2D eigenvalue weighted by Gasteiger charge is 2.21. The van der Waals surface area contributed by atoms with E-state index in [1.54, 1.807) is 46.9 Å². The van der Waals surface area contributed by atoms with Gasteiger partial charge in [-0.2, -0.15) is 0 Å². The summed E-state index contributed by atoms with van der Waals surface area (Å²) in [5.74, 6) is -0.608. The number of anilines is 1. The minimum atomic E-state index is -0.658. The number of nitrogens with zero attached hydrogens (tertiary/aromatic N) is 1. The Kier molecular flexibility index (Phi) is 6.97. The van der Waals surface area contributed by atoms with Crippen molar-refractivity contribution in [2.24, 2.45) is 0 Å². The number of ether oxygens (including phenoxy) is 1. The van der Waals surface area contributed by atoms with Crippen LogP contribution in [0.25, 0.3) is 0 Å². The van der Waals surface area contributed by atoms with Gasteiger partial charge in [-0.3, -0.25) is 9.59 Å². The second-order valence-electron chi connectivity index (χ2n) is 6.91. The van der Waals surface area contributed by atoms with E-state index in [-0.39, 0.29) is 18.4 Å². The van der Waals surface area contributed by atoms with Crippen LogP contribution in [0.15, 0.2) is 24.3 Å². The zero-order chi connectivity index (χ0) is 19.2. The van der Waals surface area contributed by atoms with Crippen molar-refractivity contribution < 1.29 is 19.1 Å². The second kappa shape index (κ2) is 8.50. The van der Waals surface area contributed by atoms with Crippen LogP contribution >= 0.6 is 0 Å². The Morgan fingerprint density at radius 1 is 1.20 bits per heavy atom. The predicted molar refractivity (Wildman–Crippen MR) is 96.1 cm³/mol. The number of benzene rings is 1. The molecule has 0 aliphatic carbocycles. The highest BCUT2D eigenvalue weighted by atomic mass is 16.6. The van der Waals surface area contributed by atoms with Crippen LogP contribution in [0, 0.1) is 0 Å². The number of hydrogen-bond acceptors (Lipinski definition) is 4. The van der Waals surface area contributed by atoms with E-state index in [9.17, 15) is 14.4 Å². The predicted octanol–water partition coefficient (Wildman–Crippen LogP) is 2.52. The molecule has 3 amide bonds. The first kappa shape index (κ1) is 20.5. The van der Waals surface area contributed by atoms with Gasteiger partial charge in [-0.05, 0) is 39.3 Å². The van der Waals surface area contributed by atoms with Gasteiger partial charge in [0.2, 0.25) is 11.8 Å². The van der Waals surface area contributed by atoms with Crippen molar-refractivity contribution in [1.82, 2.24) is 10.2 Å². The maximum Gasteiger partial charge on any atom is 0.410 e. The molecule has 0 spiro atoms. The molecule has 0 bridgehead atoms. The maximum atomic E-state index is 12.2. The monoisotopic (exact) mass is 349 g/mol. The number of nitrogens with one attached hydrogen (secondary N) is 2. The van der Waals surface area contributed by atoms with E-state index in [1.165, 1.54) is 11.8 Å². The molecule has 7 heteroatoms. The molecule has 1 rings (SSSR count). The van der Waals surface area contributed by atoms with E-state index in [2.05, 4.69) is 10.6 Å². The Balaban J connectivity index is 2.81. The van der Waals surface area contributed by atoms with Crippen molar-refractivity contribution in [2.75, 3.05) is 12.4 Å². The summed E-state index contributed by atoms with van der Waals surface area (Å²) in [7, 11) is 1.63. The van der Waals surface area contributed by atoms with E-state index >= 15 is 0 Å². The van der Waals surface area contributed by atoms with Gasteiger partial charge in [0.1, 0.15) is 11.6 Å². The largest absolute Gasteiger partial charge is 0.444 e. The summed E-state index contributed by atoms with van der Waals surface area (Å²) in [6, 6.07) is 6.52. The number of para-hydroxylation sites is 1.